The maximum Gasteiger partial charge on any atom is 0.193 e. The van der Waals surface area contributed by atoms with E-state index in [4.69, 9.17) is 23.1 Å². The molecule has 0 aromatic carbocycles. The molecule has 0 aliphatic carbocycles. The van der Waals surface area contributed by atoms with Crippen LogP contribution in [0.5, 0.6) is 0 Å². The zero-order valence-corrected chi connectivity index (χ0v) is 28.7. The molecule has 0 unspecified atom stereocenters. The zero-order valence-electron chi connectivity index (χ0n) is 26.7. The van der Waals surface area contributed by atoms with Crippen molar-refractivity contribution in [1.29, 1.82) is 0 Å². The van der Waals surface area contributed by atoms with Crippen molar-refractivity contribution in [3.05, 3.63) is 24.3 Å². The average Bonchev–Trinajstić information content (AvgIpc) is 3.09. The third kappa shape index (κ3) is 7.90. The van der Waals surface area contributed by atoms with Gasteiger partial charge in [0.1, 0.15) is 18.3 Å². The van der Waals surface area contributed by atoms with Gasteiger partial charge in [-0.3, -0.25) is 0 Å². The summed E-state index contributed by atoms with van der Waals surface area (Å²) in [6.45, 7) is 38.1. The summed E-state index contributed by atoms with van der Waals surface area (Å²) in [5.41, 5.74) is 1.92. The Labute approximate surface area is 235 Å². The molecule has 0 amide bonds. The van der Waals surface area contributed by atoms with Crippen LogP contribution >= 0.6 is 0 Å². The van der Waals surface area contributed by atoms with Gasteiger partial charge in [-0.25, -0.2) is 0 Å². The van der Waals surface area contributed by atoms with Gasteiger partial charge in [0.05, 0.1) is 18.8 Å². The quantitative estimate of drug-likeness (QED) is 0.221. The molecule has 6 nitrogen and oxygen atoms in total. The third-order valence-electron chi connectivity index (χ3n) is 9.24. The molecule has 0 aromatic heterocycles. The highest BCUT2D eigenvalue weighted by Gasteiger charge is 2.51. The van der Waals surface area contributed by atoms with Crippen LogP contribution < -0.4 is 0 Å². The Kier molecular flexibility index (Phi) is 10.6. The fourth-order valence-electron chi connectivity index (χ4n) is 4.50. The highest BCUT2D eigenvalue weighted by Crippen LogP contribution is 2.45. The molecule has 0 saturated carbocycles. The van der Waals surface area contributed by atoms with Gasteiger partial charge in [0, 0.05) is 6.61 Å². The molecule has 8 heteroatoms. The van der Waals surface area contributed by atoms with E-state index in [0.717, 1.165) is 11.1 Å². The van der Waals surface area contributed by atoms with Crippen LogP contribution in [0.1, 0.15) is 75.2 Å². The highest BCUT2D eigenvalue weighted by molar-refractivity contribution is 6.74. The van der Waals surface area contributed by atoms with Crippen LogP contribution in [0.25, 0.3) is 0 Å². The first kappa shape index (κ1) is 33.9. The van der Waals surface area contributed by atoms with E-state index in [-0.39, 0.29) is 53.1 Å². The van der Waals surface area contributed by atoms with Crippen molar-refractivity contribution in [3.63, 3.8) is 0 Å². The van der Waals surface area contributed by atoms with Gasteiger partial charge in [-0.05, 0) is 80.0 Å². The molecule has 0 bridgehead atoms. The lowest BCUT2D eigenvalue weighted by atomic mass is 9.85. The van der Waals surface area contributed by atoms with Crippen molar-refractivity contribution >= 4 is 16.6 Å². The molecule has 38 heavy (non-hydrogen) atoms. The maximum atomic E-state index is 9.74. The van der Waals surface area contributed by atoms with Crippen LogP contribution in [0.15, 0.2) is 24.3 Å². The summed E-state index contributed by atoms with van der Waals surface area (Å²) in [5.74, 6) is -0.588. The molecular weight excluding hydrogens is 512 g/mol. The number of aliphatic hydroxyl groups is 1. The smallest absolute Gasteiger partial charge is 0.193 e. The van der Waals surface area contributed by atoms with E-state index in [2.05, 4.69) is 87.8 Å². The second-order valence-corrected chi connectivity index (χ2v) is 24.5. The minimum atomic E-state index is -2.23. The van der Waals surface area contributed by atoms with E-state index >= 15 is 0 Å². The van der Waals surface area contributed by atoms with Crippen molar-refractivity contribution in [1.82, 2.24) is 0 Å². The van der Waals surface area contributed by atoms with Gasteiger partial charge in [0.2, 0.25) is 0 Å². The van der Waals surface area contributed by atoms with E-state index in [0.29, 0.717) is 19.4 Å². The van der Waals surface area contributed by atoms with Gasteiger partial charge in [-0.1, -0.05) is 61.6 Å². The first-order chi connectivity index (χ1) is 17.0. The summed E-state index contributed by atoms with van der Waals surface area (Å²) in [4.78, 5) is 0. The lowest BCUT2D eigenvalue weighted by Crippen LogP contribution is -2.59. The van der Waals surface area contributed by atoms with Gasteiger partial charge < -0.3 is 28.2 Å². The van der Waals surface area contributed by atoms with Crippen LogP contribution in [0, 0.1) is 5.92 Å². The highest BCUT2D eigenvalue weighted by atomic mass is 28.4. The lowest BCUT2D eigenvalue weighted by molar-refractivity contribution is -0.181. The van der Waals surface area contributed by atoms with Gasteiger partial charge in [-0.2, -0.15) is 0 Å². The van der Waals surface area contributed by atoms with Gasteiger partial charge >= 0.3 is 0 Å². The van der Waals surface area contributed by atoms with E-state index in [1.165, 1.54) is 0 Å². The fourth-order valence-corrected chi connectivity index (χ4v) is 7.10. The van der Waals surface area contributed by atoms with Gasteiger partial charge in [0.25, 0.3) is 0 Å². The zero-order chi connectivity index (χ0) is 29.5. The van der Waals surface area contributed by atoms with E-state index in [9.17, 15) is 5.11 Å². The van der Waals surface area contributed by atoms with E-state index in [1.54, 1.807) is 0 Å². The molecule has 1 N–H and O–H groups in total. The summed E-state index contributed by atoms with van der Waals surface area (Å²) >= 11 is 0. The second-order valence-electron chi connectivity index (χ2n) is 15.0. The number of rotatable bonds is 10. The molecule has 2 fully saturated rings. The normalized spacial score (nSPS) is 28.8. The molecule has 2 saturated heterocycles. The Balaban J connectivity index is 2.57. The number of aliphatic hydroxyl groups excluding tert-OH is 1. The predicted molar refractivity (Wildman–Crippen MR) is 161 cm³/mol. The lowest BCUT2D eigenvalue weighted by Gasteiger charge is -2.50. The topological polar surface area (TPSA) is 66.4 Å². The molecule has 0 spiro atoms. The second kappa shape index (κ2) is 11.9. The van der Waals surface area contributed by atoms with E-state index < -0.39 is 22.4 Å². The van der Waals surface area contributed by atoms with Crippen molar-refractivity contribution in [2.75, 3.05) is 13.2 Å². The van der Waals surface area contributed by atoms with Crippen LogP contribution in [-0.2, 0) is 23.1 Å². The Morgan fingerprint density at radius 3 is 2.08 bits per heavy atom. The molecule has 222 valence electrons. The molecule has 2 aliphatic heterocycles. The predicted octanol–water partition coefficient (Wildman–Crippen LogP) is 7.21. The van der Waals surface area contributed by atoms with Crippen LogP contribution in [0.2, 0.25) is 36.3 Å². The Morgan fingerprint density at radius 2 is 1.63 bits per heavy atom. The van der Waals surface area contributed by atoms with Crippen molar-refractivity contribution in [2.24, 2.45) is 5.92 Å². The Bertz CT molecular complexity index is 839. The number of hydrogen-bond donors (Lipinski definition) is 1. The summed E-state index contributed by atoms with van der Waals surface area (Å²) in [6.07, 6.45) is -0.254. The summed E-state index contributed by atoms with van der Waals surface area (Å²) < 4.78 is 33.4. The van der Waals surface area contributed by atoms with Gasteiger partial charge in [-0.15, -0.1) is 0 Å². The van der Waals surface area contributed by atoms with Gasteiger partial charge in [0.15, 0.2) is 22.4 Å². The molecule has 0 aromatic rings. The summed E-state index contributed by atoms with van der Waals surface area (Å²) in [5, 5.41) is 9.78. The summed E-state index contributed by atoms with van der Waals surface area (Å²) in [6, 6.07) is 0. The van der Waals surface area contributed by atoms with Crippen molar-refractivity contribution in [2.45, 2.75) is 148 Å². The van der Waals surface area contributed by atoms with Crippen LogP contribution in [0.4, 0.5) is 0 Å². The van der Waals surface area contributed by atoms with Crippen LogP contribution in [0.3, 0.4) is 0 Å². The van der Waals surface area contributed by atoms with Crippen molar-refractivity contribution < 1.29 is 28.2 Å². The average molecular weight is 571 g/mol. The fraction of sp³-hybridized carbons (Fsp3) is 0.867. The van der Waals surface area contributed by atoms with E-state index in [1.807, 2.05) is 13.8 Å². The largest absolute Gasteiger partial charge is 0.411 e. The minimum absolute atomic E-state index is 0.00558. The molecule has 2 rings (SSSR count). The monoisotopic (exact) mass is 570 g/mol. The Hall–Kier alpha value is -0.326. The molecule has 6 atom stereocenters. The molecule has 2 aliphatic rings. The Morgan fingerprint density at radius 1 is 1.08 bits per heavy atom. The SMILES string of the molecule is C=C1C[C@H](O[Si](C)(C)C(C)(C)C)[C@@H]([C@@H](O[Si](C)(C)C(C)(C)C)C(=C)[C@@H](C)CCO)O[C@H]1[C@@H]1COC(C)(C)O1. The molecule has 0 radical (unpaired) electrons. The third-order valence-corrected chi connectivity index (χ3v) is 18.2. The molecular formula is C30H58O6Si2. The maximum absolute atomic E-state index is 9.74. The number of hydrogen-bond acceptors (Lipinski definition) is 6. The van der Waals surface area contributed by atoms with Crippen LogP contribution in [-0.4, -0.2) is 71.3 Å². The van der Waals surface area contributed by atoms with Crippen molar-refractivity contribution in [3.8, 4) is 0 Å². The number of ether oxygens (including phenoxy) is 3. The first-order valence-corrected chi connectivity index (χ1v) is 20.1. The molecule has 2 heterocycles. The minimum Gasteiger partial charge on any atom is -0.411 e. The first-order valence-electron chi connectivity index (χ1n) is 14.3. The standard InChI is InChI=1S/C30H58O6Si2/c1-20(16-17-31)22(3)26(36-38(14,15)29(7,8)9)27-23(35-37(12,13)28(4,5)6)18-21(2)25(33-27)24-19-32-30(10,11)34-24/h20,23-27,31H,2-3,16-19H2,1,4-15H3/t20-,23-,24-,25+,26-,27-/m0/s1. The summed E-state index contributed by atoms with van der Waals surface area (Å²) in [7, 11) is -4.38.